The number of aliphatic hydroxyl groups excluding tert-OH is 1. The van der Waals surface area contributed by atoms with Crippen LogP contribution in [0.15, 0.2) is 60.4 Å². The van der Waals surface area contributed by atoms with E-state index >= 15 is 0 Å². The van der Waals surface area contributed by atoms with Gasteiger partial charge in [0.15, 0.2) is 0 Å². The molecule has 1 saturated heterocycles. The number of nitrogens with zero attached hydrogens (tertiary/aromatic N) is 2. The lowest BCUT2D eigenvalue weighted by Crippen LogP contribution is -2.30. The number of aryl methyl sites for hydroxylation is 2. The molecule has 1 unspecified atom stereocenters. The minimum atomic E-state index is -0.903. The third-order valence-corrected chi connectivity index (χ3v) is 6.09. The molecule has 1 amide bonds. The molecule has 1 aliphatic rings. The monoisotopic (exact) mass is 478 g/mol. The lowest BCUT2D eigenvalue weighted by atomic mass is 9.95. The van der Waals surface area contributed by atoms with E-state index in [4.69, 9.17) is 21.1 Å². The Balaban J connectivity index is 2.01. The van der Waals surface area contributed by atoms with E-state index in [2.05, 4.69) is 4.98 Å². The second-order valence-electron chi connectivity index (χ2n) is 7.93. The van der Waals surface area contributed by atoms with Crippen LogP contribution in [0.1, 0.15) is 28.3 Å². The highest BCUT2D eigenvalue weighted by Gasteiger charge is 2.47. The number of benzene rings is 2. The predicted octanol–water partition coefficient (Wildman–Crippen LogP) is 5.00. The fourth-order valence-electron chi connectivity index (χ4n) is 4.10. The summed E-state index contributed by atoms with van der Waals surface area (Å²) in [4.78, 5) is 32.3. The summed E-state index contributed by atoms with van der Waals surface area (Å²) in [5.41, 5.74) is 2.97. The number of hydrogen-bond donors (Lipinski definition) is 1. The average molecular weight is 479 g/mol. The zero-order valence-electron chi connectivity index (χ0n) is 19.1. The van der Waals surface area contributed by atoms with Gasteiger partial charge in [0.1, 0.15) is 17.3 Å². The van der Waals surface area contributed by atoms with Gasteiger partial charge in [0, 0.05) is 24.1 Å². The van der Waals surface area contributed by atoms with E-state index in [0.29, 0.717) is 17.0 Å². The summed E-state index contributed by atoms with van der Waals surface area (Å²) in [5, 5.41) is 11.6. The van der Waals surface area contributed by atoms with Crippen LogP contribution in [-0.2, 0) is 9.59 Å². The van der Waals surface area contributed by atoms with Crippen LogP contribution in [0.2, 0.25) is 5.02 Å². The largest absolute Gasteiger partial charge is 0.507 e. The number of hydrogen-bond acceptors (Lipinski definition) is 6. The lowest BCUT2D eigenvalue weighted by Gasteiger charge is -2.27. The molecule has 34 heavy (non-hydrogen) atoms. The van der Waals surface area contributed by atoms with Gasteiger partial charge in [-0.25, -0.2) is 0 Å². The summed E-state index contributed by atoms with van der Waals surface area (Å²) in [6.45, 7) is 3.77. The third kappa shape index (κ3) is 3.88. The summed E-state index contributed by atoms with van der Waals surface area (Å²) >= 11 is 6.30. The zero-order valence-corrected chi connectivity index (χ0v) is 19.9. The van der Waals surface area contributed by atoms with Crippen LogP contribution in [0.25, 0.3) is 5.76 Å². The molecule has 0 aliphatic carbocycles. The number of carbonyl (C=O) groups is 2. The molecule has 7 nitrogen and oxygen atoms in total. The Morgan fingerprint density at radius 3 is 2.44 bits per heavy atom. The van der Waals surface area contributed by atoms with Crippen LogP contribution in [-0.4, -0.2) is 36.0 Å². The van der Waals surface area contributed by atoms with E-state index in [-0.39, 0.29) is 21.9 Å². The summed E-state index contributed by atoms with van der Waals surface area (Å²) in [5.74, 6) is -1.39. The second-order valence-corrected chi connectivity index (χ2v) is 8.34. The SMILES string of the molecule is COc1cc(OC)c(/C(O)=C2\C(=O)C(=O)N(c3cc(C)ccc3C)C2c2cccnc2)cc1Cl. The number of aromatic nitrogens is 1. The van der Waals surface area contributed by atoms with Gasteiger partial charge in [-0.3, -0.25) is 19.5 Å². The molecule has 0 radical (unpaired) electrons. The molecule has 8 heteroatoms. The summed E-state index contributed by atoms with van der Waals surface area (Å²) in [6, 6.07) is 11.2. The first-order chi connectivity index (χ1) is 16.3. The normalized spacial score (nSPS) is 17.2. The van der Waals surface area contributed by atoms with Gasteiger partial charge in [-0.15, -0.1) is 0 Å². The van der Waals surface area contributed by atoms with Crippen molar-refractivity contribution in [1.29, 1.82) is 0 Å². The number of amides is 1. The number of halogens is 1. The van der Waals surface area contributed by atoms with Crippen molar-refractivity contribution < 1.29 is 24.2 Å². The van der Waals surface area contributed by atoms with Crippen molar-refractivity contribution in [2.45, 2.75) is 19.9 Å². The van der Waals surface area contributed by atoms with Crippen LogP contribution in [0, 0.1) is 13.8 Å². The van der Waals surface area contributed by atoms with E-state index < -0.39 is 23.5 Å². The molecule has 2 heterocycles. The van der Waals surface area contributed by atoms with Gasteiger partial charge in [0.2, 0.25) is 0 Å². The van der Waals surface area contributed by atoms with Gasteiger partial charge >= 0.3 is 0 Å². The fraction of sp³-hybridized carbons (Fsp3) is 0.192. The highest BCUT2D eigenvalue weighted by atomic mass is 35.5. The molecule has 2 aromatic carbocycles. The highest BCUT2D eigenvalue weighted by Crippen LogP contribution is 2.45. The Morgan fingerprint density at radius 2 is 1.79 bits per heavy atom. The average Bonchev–Trinajstić information content (AvgIpc) is 3.10. The van der Waals surface area contributed by atoms with Gasteiger partial charge in [-0.2, -0.15) is 0 Å². The summed E-state index contributed by atoms with van der Waals surface area (Å²) in [6.07, 6.45) is 3.17. The molecule has 0 saturated carbocycles. The summed E-state index contributed by atoms with van der Waals surface area (Å²) < 4.78 is 10.6. The van der Waals surface area contributed by atoms with Gasteiger partial charge < -0.3 is 14.6 Å². The number of anilines is 1. The van der Waals surface area contributed by atoms with Gasteiger partial charge in [0.05, 0.1) is 36.4 Å². The molecule has 1 aromatic heterocycles. The Hall–Kier alpha value is -3.84. The van der Waals surface area contributed by atoms with Gasteiger partial charge in [0.25, 0.3) is 11.7 Å². The van der Waals surface area contributed by atoms with Crippen LogP contribution in [0.3, 0.4) is 0 Å². The third-order valence-electron chi connectivity index (χ3n) is 5.80. The first-order valence-electron chi connectivity index (χ1n) is 10.5. The first-order valence-corrected chi connectivity index (χ1v) is 10.9. The zero-order chi connectivity index (χ0) is 24.6. The van der Waals surface area contributed by atoms with Crippen molar-refractivity contribution in [3.8, 4) is 11.5 Å². The molecule has 3 aromatic rings. The molecular weight excluding hydrogens is 456 g/mol. The van der Waals surface area contributed by atoms with Crippen LogP contribution >= 0.6 is 11.6 Å². The number of aliphatic hydroxyl groups is 1. The number of methoxy groups -OCH3 is 2. The standard InChI is InChI=1S/C26H23ClN2O5/c1-14-7-8-15(2)19(10-14)29-23(16-6-5-9-28-13-16)22(25(31)26(29)32)24(30)17-11-18(27)21(34-4)12-20(17)33-3/h5-13,23,30H,1-4H3/b24-22+. The van der Waals surface area contributed by atoms with E-state index in [1.165, 1.54) is 31.3 Å². The number of ketones is 1. The van der Waals surface area contributed by atoms with Crippen molar-refractivity contribution in [3.05, 3.63) is 87.7 Å². The summed E-state index contributed by atoms with van der Waals surface area (Å²) in [7, 11) is 2.88. The second kappa shape index (κ2) is 9.19. The molecule has 4 rings (SSSR count). The maximum atomic E-state index is 13.4. The number of rotatable bonds is 5. The minimum absolute atomic E-state index is 0.0848. The number of carbonyl (C=O) groups excluding carboxylic acids is 2. The van der Waals surface area contributed by atoms with Crippen molar-refractivity contribution in [1.82, 2.24) is 4.98 Å². The Labute approximate surface area is 202 Å². The number of Topliss-reactive ketones (excluding diaryl/α,β-unsaturated/α-hetero) is 1. The Kier molecular flexibility index (Phi) is 6.30. The Morgan fingerprint density at radius 1 is 1.06 bits per heavy atom. The van der Waals surface area contributed by atoms with Crippen LogP contribution in [0.5, 0.6) is 11.5 Å². The van der Waals surface area contributed by atoms with Crippen molar-refractivity contribution in [2.24, 2.45) is 0 Å². The van der Waals surface area contributed by atoms with E-state index in [1.54, 1.807) is 24.5 Å². The van der Waals surface area contributed by atoms with Gasteiger partial charge in [-0.1, -0.05) is 29.8 Å². The van der Waals surface area contributed by atoms with Crippen molar-refractivity contribution in [3.63, 3.8) is 0 Å². The molecular formula is C26H23ClN2O5. The molecule has 1 N–H and O–H groups in total. The quantitative estimate of drug-likeness (QED) is 0.315. The molecule has 1 fully saturated rings. The van der Waals surface area contributed by atoms with Crippen molar-refractivity contribution in [2.75, 3.05) is 19.1 Å². The van der Waals surface area contributed by atoms with E-state index in [9.17, 15) is 14.7 Å². The highest BCUT2D eigenvalue weighted by molar-refractivity contribution is 6.52. The van der Waals surface area contributed by atoms with E-state index in [1.807, 2.05) is 32.0 Å². The first kappa shape index (κ1) is 23.3. The predicted molar refractivity (Wildman–Crippen MR) is 129 cm³/mol. The maximum absolute atomic E-state index is 13.4. The smallest absolute Gasteiger partial charge is 0.300 e. The lowest BCUT2D eigenvalue weighted by molar-refractivity contribution is -0.132. The molecule has 0 spiro atoms. The topological polar surface area (TPSA) is 89.0 Å². The van der Waals surface area contributed by atoms with E-state index in [0.717, 1.165) is 11.1 Å². The minimum Gasteiger partial charge on any atom is -0.507 e. The van der Waals surface area contributed by atoms with Crippen molar-refractivity contribution >= 4 is 34.7 Å². The Bertz CT molecular complexity index is 1320. The van der Waals surface area contributed by atoms with Crippen LogP contribution < -0.4 is 14.4 Å². The molecule has 1 atom stereocenters. The number of ether oxygens (including phenoxy) is 2. The number of pyridine rings is 1. The molecule has 174 valence electrons. The van der Waals surface area contributed by atoms with Crippen LogP contribution in [0.4, 0.5) is 5.69 Å². The molecule has 1 aliphatic heterocycles. The maximum Gasteiger partial charge on any atom is 0.300 e. The molecule has 0 bridgehead atoms. The fourth-order valence-corrected chi connectivity index (χ4v) is 4.34. The van der Waals surface area contributed by atoms with Gasteiger partial charge in [-0.05, 0) is 48.7 Å².